The first-order valence-corrected chi connectivity index (χ1v) is 15.2. The van der Waals surface area contributed by atoms with Crippen molar-refractivity contribution >= 4 is 29.7 Å². The van der Waals surface area contributed by atoms with E-state index in [0.29, 0.717) is 11.8 Å². The number of hydrogen-bond acceptors (Lipinski definition) is 11. The molecule has 1 saturated carbocycles. The molecule has 2 aliphatic heterocycles. The first kappa shape index (κ1) is 34.7. The summed E-state index contributed by atoms with van der Waals surface area (Å²) in [5.41, 5.74) is -0.500. The van der Waals surface area contributed by atoms with Crippen LogP contribution in [-0.2, 0) is 42.9 Å². The summed E-state index contributed by atoms with van der Waals surface area (Å²) in [6.07, 6.45) is -2.55. The molecule has 2 heterocycles. The molecule has 1 spiro atoms. The maximum absolute atomic E-state index is 13.5. The normalized spacial score (nSPS) is 35.0. The summed E-state index contributed by atoms with van der Waals surface area (Å²) in [6, 6.07) is -1.65. The van der Waals surface area contributed by atoms with E-state index in [1.54, 1.807) is 0 Å². The molecule has 13 nitrogen and oxygen atoms in total. The number of hydrogen-bond donors (Lipinski definition) is 3. The highest BCUT2D eigenvalue weighted by atomic mass is 16.6. The summed E-state index contributed by atoms with van der Waals surface area (Å²) in [6.45, 7) is 11.0. The van der Waals surface area contributed by atoms with Crippen molar-refractivity contribution in [2.45, 2.75) is 129 Å². The summed E-state index contributed by atoms with van der Waals surface area (Å²) >= 11 is 0. The Hall–Kier alpha value is -2.77. The van der Waals surface area contributed by atoms with Crippen LogP contribution in [0.4, 0.5) is 0 Å². The van der Waals surface area contributed by atoms with Crippen LogP contribution in [0.15, 0.2) is 0 Å². The monoisotopic (exact) mass is 611 g/mol. The number of aliphatic hydroxyl groups is 1. The van der Waals surface area contributed by atoms with Gasteiger partial charge >= 0.3 is 17.9 Å². The Morgan fingerprint density at radius 3 is 2.21 bits per heavy atom. The zero-order valence-corrected chi connectivity index (χ0v) is 26.6. The standard InChI is InChI=1S/C30H49N3O10/c1-15(2)22-10-9-16(3)13-30(22)32-23(29(39)33(30)8)11-21(38)12-24-26(31-17(4)34)28(42-20(7)37)27(41-19(6)36)25(43-24)14-40-18(5)35/h15-16,21-28,32,38H,9-14H2,1-8H3,(H,31,34)/t16-,21+,22+,23-,24-,25-,26+,27-,28-,30+/m1/s1. The van der Waals surface area contributed by atoms with Crippen molar-refractivity contribution in [3.05, 3.63) is 0 Å². The van der Waals surface area contributed by atoms with Gasteiger partial charge in [0.05, 0.1) is 30.0 Å². The molecule has 13 heteroatoms. The topological polar surface area (TPSA) is 170 Å². The van der Waals surface area contributed by atoms with Gasteiger partial charge in [-0.05, 0) is 37.0 Å². The van der Waals surface area contributed by atoms with Crippen molar-refractivity contribution < 1.29 is 48.0 Å². The number of carbonyl (C=O) groups is 5. The fourth-order valence-electron chi connectivity index (χ4n) is 7.24. The van der Waals surface area contributed by atoms with Crippen LogP contribution in [0.25, 0.3) is 0 Å². The van der Waals surface area contributed by atoms with Crippen molar-refractivity contribution in [3.63, 3.8) is 0 Å². The van der Waals surface area contributed by atoms with Gasteiger partial charge in [-0.15, -0.1) is 0 Å². The SMILES string of the molecule is CC(=O)N[C@@H]1[C@@H](OC(C)=O)[C@H](OC(C)=O)[C@@H](COC(C)=O)O[C@@H]1C[C@@H](O)C[C@H]1N[C@@]2(C[C@H](C)CC[C@H]2C(C)C)N(C)C1=O. The van der Waals surface area contributed by atoms with E-state index in [1.807, 2.05) is 11.9 Å². The summed E-state index contributed by atoms with van der Waals surface area (Å²) in [7, 11) is 1.82. The van der Waals surface area contributed by atoms with Crippen molar-refractivity contribution in [1.82, 2.24) is 15.5 Å². The molecule has 0 unspecified atom stereocenters. The molecule has 1 aliphatic carbocycles. The first-order valence-electron chi connectivity index (χ1n) is 15.2. The maximum atomic E-state index is 13.5. The fraction of sp³-hybridized carbons (Fsp3) is 0.833. The minimum absolute atomic E-state index is 0.0573. The van der Waals surface area contributed by atoms with E-state index in [0.717, 1.165) is 19.3 Å². The average molecular weight is 612 g/mol. The van der Waals surface area contributed by atoms with Gasteiger partial charge in [-0.3, -0.25) is 29.3 Å². The van der Waals surface area contributed by atoms with E-state index < -0.39 is 72.1 Å². The highest BCUT2D eigenvalue weighted by Crippen LogP contribution is 2.45. The van der Waals surface area contributed by atoms with Crippen LogP contribution >= 0.6 is 0 Å². The Kier molecular flexibility index (Phi) is 11.6. The molecule has 244 valence electrons. The van der Waals surface area contributed by atoms with Crippen molar-refractivity contribution in [1.29, 1.82) is 0 Å². The largest absolute Gasteiger partial charge is 0.463 e. The lowest BCUT2D eigenvalue weighted by molar-refractivity contribution is -0.226. The molecule has 0 radical (unpaired) electrons. The van der Waals surface area contributed by atoms with Gasteiger partial charge in [0.15, 0.2) is 12.2 Å². The molecule has 3 aliphatic rings. The predicted octanol–water partition coefficient (Wildman–Crippen LogP) is 1.04. The Balaban J connectivity index is 1.86. The minimum atomic E-state index is -1.21. The molecule has 3 N–H and O–H groups in total. The van der Waals surface area contributed by atoms with Crippen molar-refractivity contribution in [3.8, 4) is 0 Å². The van der Waals surface area contributed by atoms with E-state index in [2.05, 4.69) is 31.4 Å². The summed E-state index contributed by atoms with van der Waals surface area (Å²) in [5, 5.41) is 17.7. The van der Waals surface area contributed by atoms with Crippen LogP contribution in [0.3, 0.4) is 0 Å². The average Bonchev–Trinajstić information content (AvgIpc) is 3.09. The lowest BCUT2D eigenvalue weighted by Crippen LogP contribution is -2.66. The maximum Gasteiger partial charge on any atom is 0.303 e. The van der Waals surface area contributed by atoms with Gasteiger partial charge in [-0.2, -0.15) is 0 Å². The lowest BCUT2D eigenvalue weighted by Gasteiger charge is -2.49. The summed E-state index contributed by atoms with van der Waals surface area (Å²) in [4.78, 5) is 63.3. The van der Waals surface area contributed by atoms with Crippen molar-refractivity contribution in [2.24, 2.45) is 17.8 Å². The molecule has 0 bridgehead atoms. The number of esters is 3. The van der Waals surface area contributed by atoms with Gasteiger partial charge in [-0.25, -0.2) is 0 Å². The van der Waals surface area contributed by atoms with Crippen LogP contribution < -0.4 is 10.6 Å². The molecular formula is C30H49N3O10. The fourth-order valence-corrected chi connectivity index (χ4v) is 7.24. The van der Waals surface area contributed by atoms with E-state index >= 15 is 0 Å². The molecule has 2 saturated heterocycles. The molecule has 3 rings (SSSR count). The number of rotatable bonds is 10. The second-order valence-electron chi connectivity index (χ2n) is 12.8. The predicted molar refractivity (Wildman–Crippen MR) is 153 cm³/mol. The van der Waals surface area contributed by atoms with E-state index in [4.69, 9.17) is 18.9 Å². The number of ether oxygens (including phenoxy) is 4. The molecule has 3 fully saturated rings. The number of amides is 2. The zero-order valence-electron chi connectivity index (χ0n) is 26.6. The minimum Gasteiger partial charge on any atom is -0.463 e. The third-order valence-electron chi connectivity index (χ3n) is 8.93. The van der Waals surface area contributed by atoms with Gasteiger partial charge in [-0.1, -0.05) is 27.2 Å². The third-order valence-corrected chi connectivity index (χ3v) is 8.93. The van der Waals surface area contributed by atoms with Crippen LogP contribution in [0, 0.1) is 17.8 Å². The molecule has 43 heavy (non-hydrogen) atoms. The second kappa shape index (κ2) is 14.3. The molecule has 10 atom stereocenters. The highest BCUT2D eigenvalue weighted by molar-refractivity contribution is 5.85. The Labute approximate surface area is 253 Å². The van der Waals surface area contributed by atoms with Crippen LogP contribution in [-0.4, -0.2) is 102 Å². The Morgan fingerprint density at radius 1 is 1.02 bits per heavy atom. The summed E-state index contributed by atoms with van der Waals surface area (Å²) < 4.78 is 22.3. The molecular weight excluding hydrogens is 562 g/mol. The number of nitrogens with zero attached hydrogens (tertiary/aromatic N) is 1. The molecule has 0 aromatic carbocycles. The summed E-state index contributed by atoms with van der Waals surface area (Å²) in [5.74, 6) is -1.50. The van der Waals surface area contributed by atoms with E-state index in [1.165, 1.54) is 27.7 Å². The second-order valence-corrected chi connectivity index (χ2v) is 12.8. The van der Waals surface area contributed by atoms with Crippen LogP contribution in [0.5, 0.6) is 0 Å². The van der Waals surface area contributed by atoms with Crippen LogP contribution in [0.2, 0.25) is 0 Å². The number of nitrogens with one attached hydrogen (secondary N) is 2. The number of likely N-dealkylation sites (N-methyl/N-ethyl adjacent to an activating group) is 1. The molecule has 0 aromatic heterocycles. The highest BCUT2D eigenvalue weighted by Gasteiger charge is 2.56. The van der Waals surface area contributed by atoms with Gasteiger partial charge in [0.1, 0.15) is 12.7 Å². The number of aliphatic hydroxyl groups excluding tert-OH is 1. The third kappa shape index (κ3) is 8.24. The van der Waals surface area contributed by atoms with Gasteiger partial charge in [0, 0.05) is 41.2 Å². The van der Waals surface area contributed by atoms with Crippen molar-refractivity contribution in [2.75, 3.05) is 13.7 Å². The van der Waals surface area contributed by atoms with E-state index in [-0.39, 0.29) is 31.3 Å². The molecule has 0 aromatic rings. The quantitative estimate of drug-likeness (QED) is 0.238. The lowest BCUT2D eigenvalue weighted by atomic mass is 9.69. The zero-order chi connectivity index (χ0) is 32.2. The first-order chi connectivity index (χ1) is 20.0. The van der Waals surface area contributed by atoms with Gasteiger partial charge < -0.3 is 34.3 Å². The molecule has 2 amide bonds. The smallest absolute Gasteiger partial charge is 0.303 e. The Morgan fingerprint density at radius 2 is 1.65 bits per heavy atom. The number of carbonyl (C=O) groups excluding carboxylic acids is 5. The Bertz CT molecular complexity index is 1050. The van der Waals surface area contributed by atoms with E-state index in [9.17, 15) is 29.1 Å². The van der Waals surface area contributed by atoms with Gasteiger partial charge in [0.2, 0.25) is 11.8 Å². The van der Waals surface area contributed by atoms with Crippen LogP contribution in [0.1, 0.15) is 80.6 Å². The van der Waals surface area contributed by atoms with Gasteiger partial charge in [0.25, 0.3) is 0 Å².